The van der Waals surface area contributed by atoms with E-state index in [0.717, 1.165) is 10.6 Å². The molecular formula is C20H20FN7O2S. The minimum absolute atomic E-state index is 0.166. The Balaban J connectivity index is 1.76. The summed E-state index contributed by atoms with van der Waals surface area (Å²) >= 11 is 1.29. The van der Waals surface area contributed by atoms with Crippen LogP contribution in [0.15, 0.2) is 41.9 Å². The minimum atomic E-state index is -0.900. The fourth-order valence-electron chi connectivity index (χ4n) is 2.62. The third kappa shape index (κ3) is 5.01. The lowest BCUT2D eigenvalue weighted by Crippen LogP contribution is -2.36. The van der Waals surface area contributed by atoms with Gasteiger partial charge in [-0.3, -0.25) is 14.6 Å². The van der Waals surface area contributed by atoms with Crippen molar-refractivity contribution in [1.82, 2.24) is 25.4 Å². The maximum atomic E-state index is 14.4. The van der Waals surface area contributed by atoms with Gasteiger partial charge < -0.3 is 16.5 Å². The third-order valence-corrected chi connectivity index (χ3v) is 4.93. The lowest BCUT2D eigenvalue weighted by molar-refractivity contribution is 0.0741. The second-order valence-corrected chi connectivity index (χ2v) is 7.24. The van der Waals surface area contributed by atoms with Crippen LogP contribution in [-0.4, -0.2) is 38.8 Å². The molecule has 4 N–H and O–H groups in total. The molecule has 11 heteroatoms. The molecule has 3 heterocycles. The van der Waals surface area contributed by atoms with Crippen LogP contribution in [0.2, 0.25) is 0 Å². The van der Waals surface area contributed by atoms with Crippen molar-refractivity contribution in [2.24, 2.45) is 5.73 Å². The number of nitrogens with one attached hydrogen (secondary N) is 2. The van der Waals surface area contributed by atoms with Crippen LogP contribution in [0.3, 0.4) is 0 Å². The Kier molecular flexibility index (Phi) is 6.55. The summed E-state index contributed by atoms with van der Waals surface area (Å²) in [6.45, 7) is 3.54. The van der Waals surface area contributed by atoms with Crippen LogP contribution in [0.1, 0.15) is 33.5 Å². The Morgan fingerprint density at radius 1 is 1.19 bits per heavy atom. The Bertz CT molecular complexity index is 1160. The van der Waals surface area contributed by atoms with E-state index in [-0.39, 0.29) is 17.1 Å². The Morgan fingerprint density at radius 2 is 1.97 bits per heavy atom. The van der Waals surface area contributed by atoms with E-state index < -0.39 is 17.8 Å². The fraction of sp³-hybridized carbons (Fsp3) is 0.150. The highest BCUT2D eigenvalue weighted by atomic mass is 32.1. The molecule has 9 nitrogen and oxygen atoms in total. The molecule has 0 spiro atoms. The van der Waals surface area contributed by atoms with E-state index in [9.17, 15) is 14.0 Å². The van der Waals surface area contributed by atoms with Gasteiger partial charge in [-0.1, -0.05) is 6.08 Å². The number of allylic oxidation sites excluding steroid dienone is 1. The third-order valence-electron chi connectivity index (χ3n) is 4.17. The van der Waals surface area contributed by atoms with Crippen molar-refractivity contribution in [2.45, 2.75) is 13.8 Å². The van der Waals surface area contributed by atoms with Crippen LogP contribution in [0.25, 0.3) is 11.3 Å². The number of rotatable bonds is 7. The molecule has 3 aromatic heterocycles. The summed E-state index contributed by atoms with van der Waals surface area (Å²) in [5.41, 5.74) is 9.94. The van der Waals surface area contributed by atoms with Gasteiger partial charge in [0.25, 0.3) is 11.8 Å². The van der Waals surface area contributed by atoms with Gasteiger partial charge in [0.15, 0.2) is 5.13 Å². The number of hydrogen-bond acceptors (Lipinski definition) is 8. The second-order valence-electron chi connectivity index (χ2n) is 6.38. The van der Waals surface area contributed by atoms with Crippen molar-refractivity contribution < 1.29 is 14.0 Å². The van der Waals surface area contributed by atoms with Crippen molar-refractivity contribution >= 4 is 34.1 Å². The standard InChI is InChI=1S/C20H20FN7O2S/c1-4-9-23-28(3)19(30)13-6-8-16(26-17(13)21)27-20-25-15(10-31-20)12-5-7-14(18(22)29)24-11(12)2/h4-10,23H,1-3H3,(H2,22,29)(H,25,26,27)/b9-4-. The highest BCUT2D eigenvalue weighted by molar-refractivity contribution is 7.14. The van der Waals surface area contributed by atoms with Gasteiger partial charge in [-0.2, -0.15) is 4.39 Å². The first-order valence-corrected chi connectivity index (χ1v) is 10.0. The van der Waals surface area contributed by atoms with E-state index in [1.807, 2.05) is 0 Å². The number of carbonyl (C=O) groups is 2. The number of nitrogens with two attached hydrogens (primary N) is 1. The first kappa shape index (κ1) is 21.8. The number of pyridine rings is 2. The number of aryl methyl sites for hydroxylation is 1. The minimum Gasteiger partial charge on any atom is -0.364 e. The molecule has 0 aromatic carbocycles. The molecule has 3 aromatic rings. The molecule has 0 fully saturated rings. The topological polar surface area (TPSA) is 126 Å². The second kappa shape index (κ2) is 9.30. The van der Waals surface area contributed by atoms with E-state index in [1.165, 1.54) is 36.6 Å². The van der Waals surface area contributed by atoms with Crippen LogP contribution in [-0.2, 0) is 0 Å². The van der Waals surface area contributed by atoms with Crippen molar-refractivity contribution in [3.63, 3.8) is 0 Å². The van der Waals surface area contributed by atoms with E-state index in [1.54, 1.807) is 37.6 Å². The summed E-state index contributed by atoms with van der Waals surface area (Å²) in [5.74, 6) is -1.86. The van der Waals surface area contributed by atoms with Gasteiger partial charge in [0, 0.05) is 29.9 Å². The molecule has 0 saturated heterocycles. The normalized spacial score (nSPS) is 10.8. The molecule has 0 bridgehead atoms. The monoisotopic (exact) mass is 441 g/mol. The highest BCUT2D eigenvalue weighted by Gasteiger charge is 2.18. The largest absolute Gasteiger partial charge is 0.364 e. The number of primary amides is 1. The van der Waals surface area contributed by atoms with Crippen LogP contribution in [0, 0.1) is 12.9 Å². The van der Waals surface area contributed by atoms with E-state index >= 15 is 0 Å². The summed E-state index contributed by atoms with van der Waals surface area (Å²) < 4.78 is 14.4. The summed E-state index contributed by atoms with van der Waals surface area (Å²) in [6.07, 6.45) is 3.26. The lowest BCUT2D eigenvalue weighted by atomic mass is 10.1. The average Bonchev–Trinajstić information content (AvgIpc) is 3.19. The van der Waals surface area contributed by atoms with Gasteiger partial charge in [-0.15, -0.1) is 11.3 Å². The summed E-state index contributed by atoms with van der Waals surface area (Å²) in [4.78, 5) is 36.0. The Hall–Kier alpha value is -3.86. The van der Waals surface area contributed by atoms with Crippen LogP contribution in [0.4, 0.5) is 15.3 Å². The maximum Gasteiger partial charge on any atom is 0.276 e. The predicted molar refractivity (Wildman–Crippen MR) is 116 cm³/mol. The number of anilines is 2. The zero-order valence-corrected chi connectivity index (χ0v) is 17.8. The van der Waals surface area contributed by atoms with Gasteiger partial charge in [-0.25, -0.2) is 15.0 Å². The molecule has 0 aliphatic carbocycles. The fourth-order valence-corrected chi connectivity index (χ4v) is 3.34. The summed E-state index contributed by atoms with van der Waals surface area (Å²) in [6, 6.07) is 6.10. The molecule has 0 unspecified atom stereocenters. The Labute approximate surface area is 181 Å². The van der Waals surface area contributed by atoms with Gasteiger partial charge in [0.05, 0.1) is 11.3 Å². The van der Waals surface area contributed by atoms with Crippen LogP contribution < -0.4 is 16.5 Å². The first-order chi connectivity index (χ1) is 14.8. The number of thiazole rings is 1. The SMILES string of the molecule is C/C=C\NN(C)C(=O)c1ccc(Nc2nc(-c3ccc(C(N)=O)nc3C)cs2)nc1F. The van der Waals surface area contributed by atoms with E-state index in [0.29, 0.717) is 16.5 Å². The molecule has 0 atom stereocenters. The maximum absolute atomic E-state index is 14.4. The molecule has 0 aliphatic heterocycles. The number of carbonyl (C=O) groups excluding carboxylic acids is 2. The predicted octanol–water partition coefficient (Wildman–Crippen LogP) is 3.00. The first-order valence-electron chi connectivity index (χ1n) is 9.12. The Morgan fingerprint density at radius 3 is 2.61 bits per heavy atom. The molecular weight excluding hydrogens is 421 g/mol. The molecule has 0 aliphatic rings. The van der Waals surface area contributed by atoms with E-state index in [4.69, 9.17) is 5.73 Å². The smallest absolute Gasteiger partial charge is 0.276 e. The number of aromatic nitrogens is 3. The molecule has 0 radical (unpaired) electrons. The number of nitrogens with zero attached hydrogens (tertiary/aromatic N) is 4. The van der Waals surface area contributed by atoms with Crippen molar-refractivity contribution in [3.8, 4) is 11.3 Å². The molecule has 0 saturated carbocycles. The van der Waals surface area contributed by atoms with Crippen LogP contribution >= 0.6 is 11.3 Å². The van der Waals surface area contributed by atoms with Crippen molar-refractivity contribution in [3.05, 3.63) is 64.8 Å². The zero-order chi connectivity index (χ0) is 22.5. The molecule has 160 valence electrons. The average molecular weight is 441 g/mol. The number of hydrogen-bond donors (Lipinski definition) is 3. The van der Waals surface area contributed by atoms with Crippen molar-refractivity contribution in [2.75, 3.05) is 12.4 Å². The number of amides is 2. The summed E-state index contributed by atoms with van der Waals surface area (Å²) in [5, 5.41) is 6.35. The van der Waals surface area contributed by atoms with Gasteiger partial charge in [-0.05, 0) is 38.1 Å². The van der Waals surface area contributed by atoms with Gasteiger partial charge >= 0.3 is 0 Å². The summed E-state index contributed by atoms with van der Waals surface area (Å²) in [7, 11) is 1.48. The molecule has 3 rings (SSSR count). The van der Waals surface area contributed by atoms with Gasteiger partial charge in [0.2, 0.25) is 5.95 Å². The molecule has 31 heavy (non-hydrogen) atoms. The van der Waals surface area contributed by atoms with Crippen molar-refractivity contribution in [1.29, 1.82) is 0 Å². The zero-order valence-electron chi connectivity index (χ0n) is 17.0. The van der Waals surface area contributed by atoms with Gasteiger partial charge in [0.1, 0.15) is 11.5 Å². The highest BCUT2D eigenvalue weighted by Crippen LogP contribution is 2.28. The molecule has 2 amide bonds. The lowest BCUT2D eigenvalue weighted by Gasteiger charge is -2.17. The van der Waals surface area contributed by atoms with Crippen LogP contribution in [0.5, 0.6) is 0 Å². The number of halogens is 1. The van der Waals surface area contributed by atoms with E-state index in [2.05, 4.69) is 25.7 Å². The quantitative estimate of drug-likeness (QED) is 0.380. The number of hydrazine groups is 1.